The van der Waals surface area contributed by atoms with Gasteiger partial charge in [-0.15, -0.1) is 11.3 Å². The number of thiophene rings is 1. The van der Waals surface area contributed by atoms with Crippen LogP contribution in [0.4, 0.5) is 0 Å². The molecule has 1 saturated heterocycles. The third-order valence-electron chi connectivity index (χ3n) is 7.90. The first-order valence-corrected chi connectivity index (χ1v) is 16.2. The molecule has 1 aromatic heterocycles. The lowest BCUT2D eigenvalue weighted by atomic mass is 9.67. The molecule has 1 amide bonds. The first-order valence-electron chi connectivity index (χ1n) is 13.1. The Morgan fingerprint density at radius 2 is 1.82 bits per heavy atom. The lowest BCUT2D eigenvalue weighted by Crippen LogP contribution is -2.59. The van der Waals surface area contributed by atoms with Crippen molar-refractivity contribution in [3.8, 4) is 0 Å². The number of halogens is 2. The highest BCUT2D eigenvalue weighted by Gasteiger charge is 2.54. The number of amides is 1. The minimum Gasteiger partial charge on any atom is -0.481 e. The van der Waals surface area contributed by atoms with Crippen molar-refractivity contribution in [2.45, 2.75) is 54.8 Å². The van der Waals surface area contributed by atoms with Crippen molar-refractivity contribution in [1.82, 2.24) is 9.62 Å². The number of carbonyl (C=O) groups is 2. The number of nitrogens with zero attached hydrogens (tertiary/aromatic N) is 1. The minimum absolute atomic E-state index is 0.0200. The van der Waals surface area contributed by atoms with Gasteiger partial charge >= 0.3 is 5.97 Å². The van der Waals surface area contributed by atoms with Crippen LogP contribution >= 0.6 is 34.5 Å². The summed E-state index contributed by atoms with van der Waals surface area (Å²) in [6, 6.07) is 17.0. The first kappa shape index (κ1) is 29.1. The Balaban J connectivity index is 1.63. The number of rotatable bonds is 10. The van der Waals surface area contributed by atoms with Gasteiger partial charge in [-0.05, 0) is 72.0 Å². The average molecular weight is 622 g/mol. The van der Waals surface area contributed by atoms with Gasteiger partial charge in [-0.2, -0.15) is 0 Å². The molecule has 40 heavy (non-hydrogen) atoms. The van der Waals surface area contributed by atoms with Crippen LogP contribution < -0.4 is 4.72 Å². The maximum Gasteiger partial charge on any atom is 0.304 e. The van der Waals surface area contributed by atoms with Crippen LogP contribution in [0.1, 0.15) is 55.7 Å². The molecular weight excluding hydrogens is 591 g/mol. The van der Waals surface area contributed by atoms with Crippen LogP contribution in [0.25, 0.3) is 0 Å². The van der Waals surface area contributed by atoms with E-state index in [2.05, 4.69) is 4.72 Å². The van der Waals surface area contributed by atoms with E-state index in [1.165, 1.54) is 0 Å². The van der Waals surface area contributed by atoms with E-state index < -0.39 is 33.5 Å². The van der Waals surface area contributed by atoms with Crippen LogP contribution in [-0.4, -0.2) is 42.9 Å². The Morgan fingerprint density at radius 1 is 1.10 bits per heavy atom. The van der Waals surface area contributed by atoms with E-state index >= 15 is 0 Å². The van der Waals surface area contributed by atoms with Crippen LogP contribution in [0.5, 0.6) is 0 Å². The molecule has 2 heterocycles. The number of likely N-dealkylation sites (tertiary alicyclic amines) is 1. The fourth-order valence-electron chi connectivity index (χ4n) is 5.90. The Bertz CT molecular complexity index is 1490. The maximum atomic E-state index is 14.4. The monoisotopic (exact) mass is 620 g/mol. The van der Waals surface area contributed by atoms with Crippen molar-refractivity contribution in [2.24, 2.45) is 11.3 Å². The fraction of sp³-hybridized carbons (Fsp3) is 0.379. The molecule has 7 nitrogen and oxygen atoms in total. The molecule has 11 heteroatoms. The summed E-state index contributed by atoms with van der Waals surface area (Å²) in [5.74, 6) is -1.57. The van der Waals surface area contributed by atoms with E-state index in [-0.39, 0.29) is 34.9 Å². The molecule has 0 radical (unpaired) electrons. The van der Waals surface area contributed by atoms with Crippen LogP contribution in [0, 0.1) is 11.3 Å². The van der Waals surface area contributed by atoms with Gasteiger partial charge in [0.1, 0.15) is 4.21 Å². The second-order valence-corrected chi connectivity index (χ2v) is 14.7. The van der Waals surface area contributed by atoms with Gasteiger partial charge in [0.2, 0.25) is 15.9 Å². The van der Waals surface area contributed by atoms with Gasteiger partial charge in [-0.3, -0.25) is 9.59 Å². The summed E-state index contributed by atoms with van der Waals surface area (Å²) in [4.78, 5) is 28.2. The molecule has 2 aliphatic rings. The maximum absolute atomic E-state index is 14.4. The van der Waals surface area contributed by atoms with Crippen molar-refractivity contribution in [2.75, 3.05) is 6.54 Å². The number of nitrogens with one attached hydrogen (secondary N) is 1. The summed E-state index contributed by atoms with van der Waals surface area (Å²) in [6.45, 7) is 1.72. The second-order valence-electron chi connectivity index (χ2n) is 10.9. The van der Waals surface area contributed by atoms with E-state index in [4.69, 9.17) is 23.2 Å². The van der Waals surface area contributed by atoms with Crippen molar-refractivity contribution >= 4 is 56.4 Å². The molecule has 5 rings (SSSR count). The Hall–Kier alpha value is -2.43. The molecule has 212 valence electrons. The lowest BCUT2D eigenvalue weighted by molar-refractivity contribution is -0.161. The number of carboxylic acids is 1. The highest BCUT2D eigenvalue weighted by atomic mass is 35.5. The largest absolute Gasteiger partial charge is 0.481 e. The van der Waals surface area contributed by atoms with Crippen molar-refractivity contribution < 1.29 is 23.1 Å². The van der Waals surface area contributed by atoms with Crippen LogP contribution in [0.2, 0.25) is 10.0 Å². The molecule has 1 aliphatic heterocycles. The SMILES string of the molecule is C[C@]1(CC(=O)O)C[C@H](c2cccc(Cl)c2)[C@@H](c2ccc(Cl)cc2)N(C(CNS(=O)(=O)c2cccs2)C2CC2)C1=O. The van der Waals surface area contributed by atoms with Gasteiger partial charge in [0.25, 0.3) is 0 Å². The van der Waals surface area contributed by atoms with Gasteiger partial charge in [0, 0.05) is 28.5 Å². The standard InChI is InChI=1S/C29H30Cl2N2O5S2/c1-29(16-25(34)35)15-23(20-4-2-5-22(31)14-20)27(19-9-11-21(30)12-10-19)33(28(29)36)24(18-7-8-18)17-32-40(37,38)26-6-3-13-39-26/h2-6,9-14,18,23-24,27,32H,7-8,15-17H2,1H3,(H,34,35)/t23-,24?,27-,29-/m1/s1. The van der Waals surface area contributed by atoms with Gasteiger partial charge in [-0.25, -0.2) is 13.1 Å². The zero-order chi connectivity index (χ0) is 28.7. The minimum atomic E-state index is -3.78. The van der Waals surface area contributed by atoms with Crippen molar-refractivity contribution in [3.05, 3.63) is 87.2 Å². The Morgan fingerprint density at radius 3 is 2.42 bits per heavy atom. The molecule has 1 unspecified atom stereocenters. The van der Waals surface area contributed by atoms with E-state index in [1.54, 1.807) is 47.5 Å². The quantitative estimate of drug-likeness (QED) is 0.275. The summed E-state index contributed by atoms with van der Waals surface area (Å²) in [6.07, 6.45) is 1.64. The lowest BCUT2D eigenvalue weighted by Gasteiger charge is -2.52. The third kappa shape index (κ3) is 6.09. The highest BCUT2D eigenvalue weighted by Crippen LogP contribution is 2.54. The number of hydrogen-bond donors (Lipinski definition) is 2. The van der Waals surface area contributed by atoms with Crippen LogP contribution in [0.15, 0.2) is 70.3 Å². The van der Waals surface area contributed by atoms with Crippen LogP contribution in [0.3, 0.4) is 0 Å². The third-order valence-corrected chi connectivity index (χ3v) is 11.2. The van der Waals surface area contributed by atoms with Gasteiger partial charge < -0.3 is 10.0 Å². The van der Waals surface area contributed by atoms with Gasteiger partial charge in [0.05, 0.1) is 17.9 Å². The molecule has 3 aromatic rings. The fourth-order valence-corrected chi connectivity index (χ4v) is 8.31. The average Bonchev–Trinajstić information content (AvgIpc) is 3.57. The highest BCUT2D eigenvalue weighted by molar-refractivity contribution is 7.91. The number of carboxylic acid groups (broad SMARTS) is 1. The number of aliphatic carboxylic acids is 1. The van der Waals surface area contributed by atoms with E-state index in [0.717, 1.165) is 35.3 Å². The predicted octanol–water partition coefficient (Wildman–Crippen LogP) is 6.35. The van der Waals surface area contributed by atoms with E-state index in [0.29, 0.717) is 16.5 Å². The van der Waals surface area contributed by atoms with E-state index in [9.17, 15) is 23.1 Å². The molecule has 0 spiro atoms. The van der Waals surface area contributed by atoms with Gasteiger partial charge in [0.15, 0.2) is 0 Å². The van der Waals surface area contributed by atoms with Gasteiger partial charge in [-0.1, -0.05) is 60.5 Å². The Kier molecular flexibility index (Phi) is 8.32. The van der Waals surface area contributed by atoms with E-state index in [1.807, 2.05) is 30.3 Å². The number of hydrogen-bond acceptors (Lipinski definition) is 5. The second kappa shape index (κ2) is 11.4. The molecular formula is C29H30Cl2N2O5S2. The number of piperidine rings is 1. The summed E-state index contributed by atoms with van der Waals surface area (Å²) in [5.41, 5.74) is 0.517. The normalized spacial score (nSPS) is 24.2. The van der Waals surface area contributed by atoms with Crippen molar-refractivity contribution in [1.29, 1.82) is 0 Å². The number of benzene rings is 2. The molecule has 1 saturated carbocycles. The molecule has 2 aromatic carbocycles. The topological polar surface area (TPSA) is 104 Å². The summed E-state index contributed by atoms with van der Waals surface area (Å²) < 4.78 is 29.1. The zero-order valence-electron chi connectivity index (χ0n) is 21.8. The van der Waals surface area contributed by atoms with Crippen molar-refractivity contribution in [3.63, 3.8) is 0 Å². The summed E-state index contributed by atoms with van der Waals surface area (Å²) >= 11 is 13.8. The predicted molar refractivity (Wildman–Crippen MR) is 156 cm³/mol. The number of carbonyl (C=O) groups excluding carboxylic acids is 1. The molecule has 1 aliphatic carbocycles. The molecule has 2 N–H and O–H groups in total. The molecule has 4 atom stereocenters. The molecule has 2 fully saturated rings. The van der Waals surface area contributed by atoms with Crippen LogP contribution in [-0.2, 0) is 19.6 Å². The summed E-state index contributed by atoms with van der Waals surface area (Å²) in [7, 11) is -3.78. The Labute approximate surface area is 248 Å². The summed E-state index contributed by atoms with van der Waals surface area (Å²) in [5, 5.41) is 12.6. The molecule has 0 bridgehead atoms. The number of sulfonamides is 1. The zero-order valence-corrected chi connectivity index (χ0v) is 24.9. The smallest absolute Gasteiger partial charge is 0.304 e. The first-order chi connectivity index (χ1) is 19.0.